The first-order valence-electron chi connectivity index (χ1n) is 6.98. The Bertz CT molecular complexity index is 724. The Balaban J connectivity index is 1.65. The molecule has 0 saturated heterocycles. The Morgan fingerprint density at radius 1 is 1.09 bits per heavy atom. The minimum atomic E-state index is -1.02. The van der Waals surface area contributed by atoms with E-state index < -0.39 is 5.97 Å². The predicted molar refractivity (Wildman–Crippen MR) is 81.0 cm³/mol. The van der Waals surface area contributed by atoms with Gasteiger partial charge >= 0.3 is 5.97 Å². The molecule has 1 aliphatic carbocycles. The third kappa shape index (κ3) is 2.93. The van der Waals surface area contributed by atoms with Crippen molar-refractivity contribution in [1.82, 2.24) is 0 Å². The Labute approximate surface area is 127 Å². The second kappa shape index (κ2) is 5.52. The molecule has 3 rings (SSSR count). The number of rotatable bonds is 4. The average molecular weight is 297 g/mol. The molecule has 0 aromatic heterocycles. The average Bonchev–Trinajstić information content (AvgIpc) is 3.29. The first-order chi connectivity index (χ1) is 10.5. The Morgan fingerprint density at radius 2 is 1.82 bits per heavy atom. The molecule has 1 aliphatic rings. The highest BCUT2D eigenvalue weighted by Gasteiger charge is 2.43. The van der Waals surface area contributed by atoms with Crippen LogP contribution in [0.1, 0.15) is 28.3 Å². The fourth-order valence-corrected chi connectivity index (χ4v) is 2.54. The van der Waals surface area contributed by atoms with Crippen molar-refractivity contribution < 1.29 is 19.8 Å². The molecule has 1 fully saturated rings. The van der Waals surface area contributed by atoms with Crippen molar-refractivity contribution in [3.05, 3.63) is 59.7 Å². The largest absolute Gasteiger partial charge is 0.508 e. The summed E-state index contributed by atoms with van der Waals surface area (Å²) in [5.74, 6) is -0.887. The van der Waals surface area contributed by atoms with Gasteiger partial charge in [-0.1, -0.05) is 18.2 Å². The summed E-state index contributed by atoms with van der Waals surface area (Å²) in [5.41, 5.74) is 1.65. The number of benzene rings is 2. The summed E-state index contributed by atoms with van der Waals surface area (Å²) in [6, 6.07) is 13.0. The van der Waals surface area contributed by atoms with Crippen LogP contribution < -0.4 is 5.32 Å². The van der Waals surface area contributed by atoms with Crippen LogP contribution in [0.5, 0.6) is 5.75 Å². The van der Waals surface area contributed by atoms with Crippen molar-refractivity contribution in [2.45, 2.75) is 12.3 Å². The number of carbonyl (C=O) groups excluding carboxylic acids is 1. The summed E-state index contributed by atoms with van der Waals surface area (Å²) < 4.78 is 0. The number of hydrogen-bond donors (Lipinski definition) is 3. The van der Waals surface area contributed by atoms with Gasteiger partial charge in [0.2, 0.25) is 5.91 Å². The van der Waals surface area contributed by atoms with Gasteiger partial charge in [-0.25, -0.2) is 4.79 Å². The van der Waals surface area contributed by atoms with E-state index in [-0.39, 0.29) is 29.1 Å². The lowest BCUT2D eigenvalue weighted by atomic mass is 10.1. The van der Waals surface area contributed by atoms with Gasteiger partial charge in [0.15, 0.2) is 0 Å². The van der Waals surface area contributed by atoms with Crippen molar-refractivity contribution >= 4 is 17.6 Å². The molecule has 0 bridgehead atoms. The molecule has 1 amide bonds. The minimum absolute atomic E-state index is 0.111. The highest BCUT2D eigenvalue weighted by molar-refractivity contribution is 5.96. The summed E-state index contributed by atoms with van der Waals surface area (Å²) in [7, 11) is 0. The number of carboxylic acid groups (broad SMARTS) is 1. The number of amides is 1. The maximum atomic E-state index is 12.2. The third-order valence-electron chi connectivity index (χ3n) is 3.83. The molecule has 0 aliphatic heterocycles. The number of nitrogens with one attached hydrogen (secondary N) is 1. The Hall–Kier alpha value is -2.82. The number of anilines is 1. The highest BCUT2D eigenvalue weighted by Crippen LogP contribution is 2.48. The molecule has 2 unspecified atom stereocenters. The summed E-state index contributed by atoms with van der Waals surface area (Å²) in [4.78, 5) is 23.1. The van der Waals surface area contributed by atoms with Gasteiger partial charge in [-0.05, 0) is 48.2 Å². The standard InChI is InChI=1S/C17H15NO4/c19-13-6-4-10(5-7-13)14-9-15(14)16(20)18-12-3-1-2-11(8-12)17(21)22/h1-8,14-15,19H,9H2,(H,18,20)(H,21,22). The zero-order chi connectivity index (χ0) is 15.7. The fourth-order valence-electron chi connectivity index (χ4n) is 2.54. The van der Waals surface area contributed by atoms with E-state index in [0.29, 0.717) is 5.69 Å². The van der Waals surface area contributed by atoms with Crippen LogP contribution in [0.2, 0.25) is 0 Å². The molecular formula is C17H15NO4. The normalized spacial score (nSPS) is 19.5. The van der Waals surface area contributed by atoms with Gasteiger partial charge in [0.1, 0.15) is 5.75 Å². The number of carbonyl (C=O) groups is 2. The minimum Gasteiger partial charge on any atom is -0.508 e. The molecule has 5 heteroatoms. The van der Waals surface area contributed by atoms with Gasteiger partial charge in [0.05, 0.1) is 5.56 Å². The van der Waals surface area contributed by atoms with Crippen LogP contribution in [0.3, 0.4) is 0 Å². The summed E-state index contributed by atoms with van der Waals surface area (Å²) in [5, 5.41) is 21.0. The number of hydrogen-bond acceptors (Lipinski definition) is 3. The molecule has 2 aromatic carbocycles. The lowest BCUT2D eigenvalue weighted by molar-refractivity contribution is -0.117. The van der Waals surface area contributed by atoms with Crippen LogP contribution in [0.25, 0.3) is 0 Å². The van der Waals surface area contributed by atoms with Crippen molar-refractivity contribution in [2.24, 2.45) is 5.92 Å². The lowest BCUT2D eigenvalue weighted by Gasteiger charge is -2.06. The molecule has 0 heterocycles. The van der Waals surface area contributed by atoms with E-state index in [1.54, 1.807) is 24.3 Å². The number of aromatic hydroxyl groups is 1. The molecule has 5 nitrogen and oxygen atoms in total. The molecule has 3 N–H and O–H groups in total. The Kier molecular flexibility index (Phi) is 3.55. The van der Waals surface area contributed by atoms with Crippen LogP contribution in [0.4, 0.5) is 5.69 Å². The second-order valence-corrected chi connectivity index (χ2v) is 5.42. The van der Waals surface area contributed by atoms with E-state index in [2.05, 4.69) is 5.32 Å². The molecular weight excluding hydrogens is 282 g/mol. The van der Waals surface area contributed by atoms with Gasteiger partial charge in [-0.3, -0.25) is 4.79 Å². The maximum Gasteiger partial charge on any atom is 0.335 e. The number of aromatic carboxylic acids is 1. The molecule has 2 atom stereocenters. The van der Waals surface area contributed by atoms with Crippen LogP contribution in [-0.4, -0.2) is 22.1 Å². The van der Waals surface area contributed by atoms with E-state index in [1.165, 1.54) is 12.1 Å². The zero-order valence-corrected chi connectivity index (χ0v) is 11.7. The van der Waals surface area contributed by atoms with E-state index in [4.69, 9.17) is 5.11 Å². The van der Waals surface area contributed by atoms with E-state index in [9.17, 15) is 14.7 Å². The first-order valence-corrected chi connectivity index (χ1v) is 6.98. The molecule has 0 spiro atoms. The Morgan fingerprint density at radius 3 is 2.50 bits per heavy atom. The van der Waals surface area contributed by atoms with Gasteiger partial charge in [-0.2, -0.15) is 0 Å². The number of carboxylic acids is 1. The van der Waals surface area contributed by atoms with Gasteiger partial charge in [0, 0.05) is 11.6 Å². The van der Waals surface area contributed by atoms with Gasteiger partial charge in [0.25, 0.3) is 0 Å². The molecule has 0 radical (unpaired) electrons. The van der Waals surface area contributed by atoms with Crippen LogP contribution in [0, 0.1) is 5.92 Å². The topological polar surface area (TPSA) is 86.6 Å². The predicted octanol–water partition coefficient (Wildman–Crippen LogP) is 2.83. The lowest BCUT2D eigenvalue weighted by Crippen LogP contribution is -2.15. The summed E-state index contributed by atoms with van der Waals surface area (Å²) in [6.45, 7) is 0. The first kappa shape index (κ1) is 14.1. The van der Waals surface area contributed by atoms with E-state index in [1.807, 2.05) is 12.1 Å². The molecule has 2 aromatic rings. The molecule has 1 saturated carbocycles. The SMILES string of the molecule is O=C(O)c1cccc(NC(=O)C2CC2c2ccc(O)cc2)c1. The van der Waals surface area contributed by atoms with Crippen LogP contribution >= 0.6 is 0 Å². The fraction of sp³-hybridized carbons (Fsp3) is 0.176. The van der Waals surface area contributed by atoms with Crippen LogP contribution in [0.15, 0.2) is 48.5 Å². The van der Waals surface area contributed by atoms with Crippen molar-refractivity contribution in [2.75, 3.05) is 5.32 Å². The quantitative estimate of drug-likeness (QED) is 0.810. The van der Waals surface area contributed by atoms with Crippen molar-refractivity contribution in [3.8, 4) is 5.75 Å². The molecule has 112 valence electrons. The number of phenols is 1. The smallest absolute Gasteiger partial charge is 0.335 e. The summed E-state index contributed by atoms with van der Waals surface area (Å²) >= 11 is 0. The highest BCUT2D eigenvalue weighted by atomic mass is 16.4. The van der Waals surface area contributed by atoms with Crippen molar-refractivity contribution in [1.29, 1.82) is 0 Å². The summed E-state index contributed by atoms with van der Waals surface area (Å²) in [6.07, 6.45) is 0.759. The monoisotopic (exact) mass is 297 g/mol. The van der Waals surface area contributed by atoms with Crippen molar-refractivity contribution in [3.63, 3.8) is 0 Å². The second-order valence-electron chi connectivity index (χ2n) is 5.42. The zero-order valence-electron chi connectivity index (χ0n) is 11.7. The molecule has 22 heavy (non-hydrogen) atoms. The van der Waals surface area contributed by atoms with Gasteiger partial charge < -0.3 is 15.5 Å². The van der Waals surface area contributed by atoms with Gasteiger partial charge in [-0.15, -0.1) is 0 Å². The van der Waals surface area contributed by atoms with Crippen LogP contribution in [-0.2, 0) is 4.79 Å². The number of phenolic OH excluding ortho intramolecular Hbond substituents is 1. The van der Waals surface area contributed by atoms with E-state index >= 15 is 0 Å². The maximum absolute atomic E-state index is 12.2. The third-order valence-corrected chi connectivity index (χ3v) is 3.83. The van der Waals surface area contributed by atoms with E-state index in [0.717, 1.165) is 12.0 Å².